The molecule has 2 N–H and O–H groups in total. The third-order valence-electron chi connectivity index (χ3n) is 2.69. The van der Waals surface area contributed by atoms with E-state index in [1.54, 1.807) is 6.92 Å². The van der Waals surface area contributed by atoms with Crippen molar-refractivity contribution in [2.24, 2.45) is 5.92 Å². The number of aliphatic carboxylic acids is 1. The molecule has 5 nitrogen and oxygen atoms in total. The van der Waals surface area contributed by atoms with E-state index in [1.807, 2.05) is 0 Å². The maximum atomic E-state index is 11.5. The zero-order valence-electron chi connectivity index (χ0n) is 7.58. The summed E-state index contributed by atoms with van der Waals surface area (Å²) in [6, 6.07) is -0.701. The largest absolute Gasteiger partial charge is 0.480 e. The molecular weight excluding hydrogens is 206 g/mol. The Morgan fingerprint density at radius 2 is 2.36 bits per heavy atom. The summed E-state index contributed by atoms with van der Waals surface area (Å²) in [5, 5.41) is 18.0. The van der Waals surface area contributed by atoms with Gasteiger partial charge in [0.1, 0.15) is 6.04 Å². The van der Waals surface area contributed by atoms with Crippen LogP contribution in [-0.2, 0) is 9.59 Å². The minimum absolute atomic E-state index is 0.136. The van der Waals surface area contributed by atoms with Crippen LogP contribution in [0, 0.1) is 5.92 Å². The number of hydrogen-bond acceptors (Lipinski definition) is 4. The third kappa shape index (κ3) is 1.14. The van der Waals surface area contributed by atoms with E-state index >= 15 is 0 Å². The van der Waals surface area contributed by atoms with Crippen molar-refractivity contribution in [3.63, 3.8) is 0 Å². The highest BCUT2D eigenvalue weighted by molar-refractivity contribution is 8.00. The van der Waals surface area contributed by atoms with E-state index in [1.165, 1.54) is 16.7 Å². The maximum Gasteiger partial charge on any atom is 0.327 e. The topological polar surface area (TPSA) is 77.8 Å². The highest BCUT2D eigenvalue weighted by Crippen LogP contribution is 2.44. The first kappa shape index (κ1) is 9.79. The summed E-state index contributed by atoms with van der Waals surface area (Å²) < 4.78 is 0. The van der Waals surface area contributed by atoms with Crippen molar-refractivity contribution in [1.82, 2.24) is 4.90 Å². The molecule has 14 heavy (non-hydrogen) atoms. The maximum absolute atomic E-state index is 11.5. The first-order valence-corrected chi connectivity index (χ1v) is 5.43. The molecule has 78 valence electrons. The SMILES string of the molecule is C[C@@H](O)[C@H]1C(=O)N2[C@@H](C(=O)O)CS[C@H]12. The molecule has 0 saturated carbocycles. The van der Waals surface area contributed by atoms with Gasteiger partial charge in [0.2, 0.25) is 5.91 Å². The van der Waals surface area contributed by atoms with Crippen LogP contribution in [0.4, 0.5) is 0 Å². The van der Waals surface area contributed by atoms with Crippen LogP contribution in [0.1, 0.15) is 6.92 Å². The minimum atomic E-state index is -0.961. The summed E-state index contributed by atoms with van der Waals surface area (Å²) in [4.78, 5) is 23.6. The van der Waals surface area contributed by atoms with Crippen molar-refractivity contribution in [1.29, 1.82) is 0 Å². The number of β-lactam (4-membered cyclic amide) rings is 1. The number of carboxylic acids is 1. The van der Waals surface area contributed by atoms with Gasteiger partial charge in [-0.3, -0.25) is 4.79 Å². The Hall–Kier alpha value is -0.750. The molecule has 2 rings (SSSR count). The summed E-state index contributed by atoms with van der Waals surface area (Å²) in [6.07, 6.45) is -0.691. The first-order valence-electron chi connectivity index (χ1n) is 4.38. The number of fused-ring (bicyclic) bond motifs is 1. The number of carbonyl (C=O) groups is 2. The van der Waals surface area contributed by atoms with Gasteiger partial charge in [-0.25, -0.2) is 4.79 Å². The monoisotopic (exact) mass is 217 g/mol. The zero-order valence-corrected chi connectivity index (χ0v) is 8.40. The van der Waals surface area contributed by atoms with Crippen molar-refractivity contribution in [3.05, 3.63) is 0 Å². The van der Waals surface area contributed by atoms with Gasteiger partial charge in [0.15, 0.2) is 0 Å². The highest BCUT2D eigenvalue weighted by atomic mass is 32.2. The predicted molar refractivity (Wildman–Crippen MR) is 49.7 cm³/mol. The fourth-order valence-corrected chi connectivity index (χ4v) is 3.58. The molecule has 0 spiro atoms. The van der Waals surface area contributed by atoms with Crippen LogP contribution in [0.2, 0.25) is 0 Å². The zero-order chi connectivity index (χ0) is 10.5. The van der Waals surface area contributed by atoms with Crippen LogP contribution in [0.15, 0.2) is 0 Å². The number of carboxylic acid groups (broad SMARTS) is 1. The molecule has 0 radical (unpaired) electrons. The van der Waals surface area contributed by atoms with Gasteiger partial charge in [-0.1, -0.05) is 0 Å². The summed E-state index contributed by atoms with van der Waals surface area (Å²) in [7, 11) is 0. The van der Waals surface area contributed by atoms with Crippen molar-refractivity contribution >= 4 is 23.6 Å². The van der Waals surface area contributed by atoms with E-state index in [2.05, 4.69) is 0 Å². The number of aliphatic hydroxyl groups excluding tert-OH is 1. The van der Waals surface area contributed by atoms with Gasteiger partial charge in [0.25, 0.3) is 0 Å². The molecule has 2 aliphatic rings. The van der Waals surface area contributed by atoms with Gasteiger partial charge in [-0.05, 0) is 6.92 Å². The Bertz CT molecular complexity index is 293. The number of thioether (sulfide) groups is 1. The number of rotatable bonds is 2. The Labute approximate surface area is 85.1 Å². The quantitative estimate of drug-likeness (QED) is 0.601. The molecule has 0 aromatic rings. The van der Waals surface area contributed by atoms with E-state index < -0.39 is 24.0 Å². The van der Waals surface area contributed by atoms with Gasteiger partial charge >= 0.3 is 5.97 Å². The standard InChI is InChI=1S/C8H11NO4S/c1-3(10)5-6(11)9-4(8(12)13)2-14-7(5)9/h3-5,7,10H,2H2,1H3,(H,12,13)/t3-,4-,5+,7-/m1/s1. The Kier molecular flexibility index (Phi) is 2.19. The molecule has 2 heterocycles. The molecule has 2 saturated heterocycles. The average molecular weight is 217 g/mol. The molecular formula is C8H11NO4S. The molecule has 2 fully saturated rings. The number of hydrogen-bond donors (Lipinski definition) is 2. The normalized spacial score (nSPS) is 37.7. The van der Waals surface area contributed by atoms with Crippen LogP contribution in [0.3, 0.4) is 0 Å². The smallest absolute Gasteiger partial charge is 0.327 e. The highest BCUT2D eigenvalue weighted by Gasteiger charge is 2.58. The Balaban J connectivity index is 2.13. The van der Waals surface area contributed by atoms with E-state index in [0.717, 1.165) is 0 Å². The second-order valence-electron chi connectivity index (χ2n) is 3.59. The first-order chi connectivity index (χ1) is 6.54. The van der Waals surface area contributed by atoms with Crippen molar-refractivity contribution in [2.75, 3.05) is 5.75 Å². The molecule has 0 bridgehead atoms. The summed E-state index contributed by atoms with van der Waals surface area (Å²) >= 11 is 1.43. The minimum Gasteiger partial charge on any atom is -0.480 e. The lowest BCUT2D eigenvalue weighted by Crippen LogP contribution is -2.64. The number of aliphatic hydroxyl groups is 1. The Morgan fingerprint density at radius 3 is 2.86 bits per heavy atom. The lowest BCUT2D eigenvalue weighted by Gasteiger charge is -2.44. The molecule has 6 heteroatoms. The lowest BCUT2D eigenvalue weighted by atomic mass is 9.91. The number of nitrogens with zero attached hydrogens (tertiary/aromatic N) is 1. The van der Waals surface area contributed by atoms with Gasteiger partial charge in [-0.2, -0.15) is 0 Å². The van der Waals surface area contributed by atoms with Crippen LogP contribution in [0.25, 0.3) is 0 Å². The van der Waals surface area contributed by atoms with Crippen molar-refractivity contribution in [2.45, 2.75) is 24.4 Å². The molecule has 2 aliphatic heterocycles. The number of amides is 1. The lowest BCUT2D eigenvalue weighted by molar-refractivity contribution is -0.166. The molecule has 0 aromatic carbocycles. The third-order valence-corrected chi connectivity index (χ3v) is 4.06. The van der Waals surface area contributed by atoms with Gasteiger partial charge in [0.05, 0.1) is 17.4 Å². The van der Waals surface area contributed by atoms with Crippen LogP contribution in [-0.4, -0.2) is 50.3 Å². The van der Waals surface area contributed by atoms with Crippen LogP contribution in [0.5, 0.6) is 0 Å². The average Bonchev–Trinajstić information content (AvgIpc) is 2.42. The molecule has 0 unspecified atom stereocenters. The fourth-order valence-electron chi connectivity index (χ4n) is 1.93. The van der Waals surface area contributed by atoms with E-state index in [4.69, 9.17) is 5.11 Å². The van der Waals surface area contributed by atoms with Gasteiger partial charge < -0.3 is 15.1 Å². The second-order valence-corrected chi connectivity index (χ2v) is 4.74. The predicted octanol–water partition coefficient (Wildman–Crippen LogP) is -0.648. The Morgan fingerprint density at radius 1 is 1.71 bits per heavy atom. The van der Waals surface area contributed by atoms with Crippen molar-refractivity contribution in [3.8, 4) is 0 Å². The summed E-state index contributed by atoms with van der Waals surface area (Å²) in [5.41, 5.74) is 0. The molecule has 0 aromatic heterocycles. The summed E-state index contributed by atoms with van der Waals surface area (Å²) in [5.74, 6) is -1.18. The molecule has 1 amide bonds. The second kappa shape index (κ2) is 3.13. The van der Waals surface area contributed by atoms with Crippen LogP contribution < -0.4 is 0 Å². The van der Waals surface area contributed by atoms with Crippen molar-refractivity contribution < 1.29 is 19.8 Å². The number of carbonyl (C=O) groups excluding carboxylic acids is 1. The van der Waals surface area contributed by atoms with Gasteiger partial charge in [-0.15, -0.1) is 11.8 Å². The van der Waals surface area contributed by atoms with E-state index in [-0.39, 0.29) is 11.3 Å². The van der Waals surface area contributed by atoms with Gasteiger partial charge in [0, 0.05) is 5.75 Å². The fraction of sp³-hybridized carbons (Fsp3) is 0.750. The van der Waals surface area contributed by atoms with E-state index in [9.17, 15) is 14.7 Å². The molecule has 4 atom stereocenters. The molecule has 0 aliphatic carbocycles. The van der Waals surface area contributed by atoms with E-state index in [0.29, 0.717) is 5.75 Å². The summed E-state index contributed by atoms with van der Waals surface area (Å²) in [6.45, 7) is 1.56. The van der Waals surface area contributed by atoms with Crippen LogP contribution >= 0.6 is 11.8 Å².